The van der Waals surface area contributed by atoms with E-state index in [0.29, 0.717) is 34.3 Å². The Hall–Kier alpha value is -3.08. The molecule has 122 valence electrons. The molecule has 0 atom stereocenters. The maximum atomic E-state index is 12.1. The molecule has 0 aliphatic rings. The number of aromatic carboxylic acids is 1. The number of aryl methyl sites for hydroxylation is 1. The largest absolute Gasteiger partial charge is 0.493 e. The fraction of sp³-hybridized carbons (Fsp3) is 0.158. The second kappa shape index (κ2) is 6.20. The fourth-order valence-corrected chi connectivity index (χ4v) is 2.74. The summed E-state index contributed by atoms with van der Waals surface area (Å²) in [6.07, 6.45) is 0. The third-order valence-electron chi connectivity index (χ3n) is 3.74. The highest BCUT2D eigenvalue weighted by atomic mass is 16.5. The minimum atomic E-state index is -1.29. The van der Waals surface area contributed by atoms with Crippen LogP contribution in [0.5, 0.6) is 5.75 Å². The zero-order chi connectivity index (χ0) is 17.3. The van der Waals surface area contributed by atoms with Gasteiger partial charge < -0.3 is 14.3 Å². The van der Waals surface area contributed by atoms with E-state index in [0.717, 1.165) is 5.56 Å². The Morgan fingerprint density at radius 2 is 1.88 bits per heavy atom. The Bertz CT molecular complexity index is 985. The maximum Gasteiger partial charge on any atom is 0.372 e. The molecule has 0 bridgehead atoms. The molecule has 0 saturated carbocycles. The summed E-state index contributed by atoms with van der Waals surface area (Å²) >= 11 is 0. The quantitative estimate of drug-likeness (QED) is 0.788. The highest BCUT2D eigenvalue weighted by molar-refractivity contribution is 6.05. The van der Waals surface area contributed by atoms with Crippen molar-refractivity contribution < 1.29 is 19.1 Å². The molecule has 5 nitrogen and oxygen atoms in total. The molecule has 1 aromatic heterocycles. The van der Waals surface area contributed by atoms with E-state index in [9.17, 15) is 14.7 Å². The average Bonchev–Trinajstić information content (AvgIpc) is 2.57. The van der Waals surface area contributed by atoms with Crippen LogP contribution in [0.15, 0.2) is 51.7 Å². The van der Waals surface area contributed by atoms with E-state index in [4.69, 9.17) is 9.15 Å². The first-order valence-electron chi connectivity index (χ1n) is 7.56. The summed E-state index contributed by atoms with van der Waals surface area (Å²) in [4.78, 5) is 23.8. The second-order valence-corrected chi connectivity index (χ2v) is 5.38. The topological polar surface area (TPSA) is 76.7 Å². The molecule has 3 aromatic rings. The number of ether oxygens (including phenoxy) is 1. The van der Waals surface area contributed by atoms with Gasteiger partial charge in [0.25, 0.3) is 0 Å². The smallest absolute Gasteiger partial charge is 0.372 e. The first kappa shape index (κ1) is 15.8. The Kier molecular flexibility index (Phi) is 4.08. The lowest BCUT2D eigenvalue weighted by molar-refractivity contribution is 0.0659. The summed E-state index contributed by atoms with van der Waals surface area (Å²) in [5.41, 5.74) is 1.22. The van der Waals surface area contributed by atoms with Crippen molar-refractivity contribution in [3.8, 4) is 16.9 Å². The van der Waals surface area contributed by atoms with Crippen LogP contribution in [0.4, 0.5) is 0 Å². The normalized spacial score (nSPS) is 10.8. The molecule has 1 N–H and O–H groups in total. The van der Waals surface area contributed by atoms with Gasteiger partial charge in [0.1, 0.15) is 5.75 Å². The molecule has 24 heavy (non-hydrogen) atoms. The van der Waals surface area contributed by atoms with Gasteiger partial charge in [-0.3, -0.25) is 0 Å². The standard InChI is InChI=1S/C19H16O5/c1-3-23-15-9-8-11(2)10-14(15)16-12-6-4-5-7-13(12)19(22)24-17(16)18(20)21/h4-10H,3H2,1-2H3,(H,20,21). The van der Waals surface area contributed by atoms with Crippen molar-refractivity contribution in [2.24, 2.45) is 0 Å². The Morgan fingerprint density at radius 3 is 2.54 bits per heavy atom. The van der Waals surface area contributed by atoms with Crippen molar-refractivity contribution in [2.75, 3.05) is 6.61 Å². The van der Waals surface area contributed by atoms with Crippen molar-refractivity contribution in [3.05, 3.63) is 64.2 Å². The zero-order valence-corrected chi connectivity index (χ0v) is 13.3. The lowest BCUT2D eigenvalue weighted by atomic mass is 9.96. The van der Waals surface area contributed by atoms with E-state index in [1.165, 1.54) is 0 Å². The van der Waals surface area contributed by atoms with E-state index in [1.807, 2.05) is 26.0 Å². The van der Waals surface area contributed by atoms with Crippen molar-refractivity contribution in [1.82, 2.24) is 0 Å². The molecule has 0 fully saturated rings. The maximum absolute atomic E-state index is 12.1. The molecular weight excluding hydrogens is 308 g/mol. The van der Waals surface area contributed by atoms with Crippen molar-refractivity contribution in [2.45, 2.75) is 13.8 Å². The number of benzene rings is 2. The van der Waals surface area contributed by atoms with Gasteiger partial charge in [0.05, 0.1) is 12.0 Å². The number of carboxylic acid groups (broad SMARTS) is 1. The summed E-state index contributed by atoms with van der Waals surface area (Å²) in [5.74, 6) is -1.13. The molecular formula is C19H16O5. The molecule has 5 heteroatoms. The van der Waals surface area contributed by atoms with Gasteiger partial charge in [-0.1, -0.05) is 29.8 Å². The zero-order valence-electron chi connectivity index (χ0n) is 13.3. The summed E-state index contributed by atoms with van der Waals surface area (Å²) in [5, 5.41) is 10.4. The molecule has 0 aliphatic carbocycles. The van der Waals surface area contributed by atoms with Crippen LogP contribution in [0.2, 0.25) is 0 Å². The van der Waals surface area contributed by atoms with E-state index >= 15 is 0 Å². The predicted octanol–water partition coefficient (Wildman–Crippen LogP) is 3.87. The molecule has 0 aliphatic heterocycles. The molecule has 0 saturated heterocycles. The van der Waals surface area contributed by atoms with Gasteiger partial charge >= 0.3 is 11.6 Å². The van der Waals surface area contributed by atoms with Gasteiger partial charge in [0, 0.05) is 16.5 Å². The van der Waals surface area contributed by atoms with E-state index in [2.05, 4.69) is 0 Å². The predicted molar refractivity (Wildman–Crippen MR) is 90.8 cm³/mol. The van der Waals surface area contributed by atoms with Gasteiger partial charge in [-0.25, -0.2) is 9.59 Å². The van der Waals surface area contributed by atoms with Gasteiger partial charge in [0.15, 0.2) is 0 Å². The molecule has 0 radical (unpaired) electrons. The monoisotopic (exact) mass is 324 g/mol. The lowest BCUT2D eigenvalue weighted by Gasteiger charge is -2.14. The van der Waals surface area contributed by atoms with Crippen LogP contribution in [0.25, 0.3) is 21.9 Å². The van der Waals surface area contributed by atoms with Crippen molar-refractivity contribution >= 4 is 16.7 Å². The van der Waals surface area contributed by atoms with Crippen LogP contribution < -0.4 is 10.4 Å². The molecule has 3 rings (SSSR count). The molecule has 1 heterocycles. The number of carbonyl (C=O) groups is 1. The Labute approximate surface area is 138 Å². The minimum Gasteiger partial charge on any atom is -0.493 e. The number of fused-ring (bicyclic) bond motifs is 1. The van der Waals surface area contributed by atoms with Crippen LogP contribution in [0.3, 0.4) is 0 Å². The second-order valence-electron chi connectivity index (χ2n) is 5.38. The first-order chi connectivity index (χ1) is 11.5. The molecule has 0 unspecified atom stereocenters. The van der Waals surface area contributed by atoms with E-state index in [-0.39, 0.29) is 5.76 Å². The van der Waals surface area contributed by atoms with Gasteiger partial charge in [-0.15, -0.1) is 0 Å². The summed E-state index contributed by atoms with van der Waals surface area (Å²) < 4.78 is 10.7. The van der Waals surface area contributed by atoms with Crippen molar-refractivity contribution in [3.63, 3.8) is 0 Å². The first-order valence-corrected chi connectivity index (χ1v) is 7.56. The van der Waals surface area contributed by atoms with Gasteiger partial charge in [-0.05, 0) is 32.0 Å². The van der Waals surface area contributed by atoms with Gasteiger partial charge in [0.2, 0.25) is 5.76 Å². The minimum absolute atomic E-state index is 0.335. The summed E-state index contributed by atoms with van der Waals surface area (Å²) in [6.45, 7) is 4.19. The van der Waals surface area contributed by atoms with Crippen LogP contribution in [-0.2, 0) is 0 Å². The summed E-state index contributed by atoms with van der Waals surface area (Å²) in [7, 11) is 0. The number of rotatable bonds is 4. The summed E-state index contributed by atoms with van der Waals surface area (Å²) in [6, 6.07) is 12.3. The third kappa shape index (κ3) is 2.65. The third-order valence-corrected chi connectivity index (χ3v) is 3.74. The molecule has 2 aromatic carbocycles. The fourth-order valence-electron chi connectivity index (χ4n) is 2.74. The van der Waals surface area contributed by atoms with Crippen LogP contribution in [0, 0.1) is 6.92 Å². The van der Waals surface area contributed by atoms with Crippen LogP contribution in [0.1, 0.15) is 23.0 Å². The van der Waals surface area contributed by atoms with Crippen LogP contribution >= 0.6 is 0 Å². The number of carboxylic acids is 1. The number of hydrogen-bond donors (Lipinski definition) is 1. The van der Waals surface area contributed by atoms with Gasteiger partial charge in [-0.2, -0.15) is 0 Å². The van der Waals surface area contributed by atoms with Crippen molar-refractivity contribution in [1.29, 1.82) is 0 Å². The average molecular weight is 324 g/mol. The Morgan fingerprint density at radius 1 is 1.17 bits per heavy atom. The molecule has 0 spiro atoms. The highest BCUT2D eigenvalue weighted by Crippen LogP contribution is 2.37. The Balaban J connectivity index is 2.48. The molecule has 0 amide bonds. The van der Waals surface area contributed by atoms with E-state index < -0.39 is 11.6 Å². The highest BCUT2D eigenvalue weighted by Gasteiger charge is 2.23. The number of hydrogen-bond acceptors (Lipinski definition) is 4. The lowest BCUT2D eigenvalue weighted by Crippen LogP contribution is -2.10. The van der Waals surface area contributed by atoms with Crippen LogP contribution in [-0.4, -0.2) is 17.7 Å². The SMILES string of the molecule is CCOc1ccc(C)cc1-c1c(C(=O)O)oc(=O)c2ccccc12. The van der Waals surface area contributed by atoms with E-state index in [1.54, 1.807) is 30.3 Å².